The summed E-state index contributed by atoms with van der Waals surface area (Å²) in [6.45, 7) is 5.43. The van der Waals surface area contributed by atoms with Crippen molar-refractivity contribution in [3.63, 3.8) is 0 Å². The van der Waals surface area contributed by atoms with Crippen LogP contribution in [0.15, 0.2) is 52.3 Å². The molecule has 5 rings (SSSR count). The Morgan fingerprint density at radius 2 is 1.89 bits per heavy atom. The van der Waals surface area contributed by atoms with Crippen LogP contribution in [-0.2, 0) is 19.5 Å². The molecule has 3 unspecified atom stereocenters. The van der Waals surface area contributed by atoms with Gasteiger partial charge in [-0.15, -0.1) is 11.8 Å². The molecule has 3 aromatic rings. The van der Waals surface area contributed by atoms with Crippen molar-refractivity contribution in [2.45, 2.75) is 54.8 Å². The number of amides is 1. The van der Waals surface area contributed by atoms with Crippen molar-refractivity contribution in [3.05, 3.63) is 48.0 Å². The molecule has 2 saturated heterocycles. The number of morpholine rings is 1. The largest absolute Gasteiger partial charge is 0.376 e. The average Bonchev–Trinajstić information content (AvgIpc) is 3.55. The number of carbonyl (C=O) groups excluding carboxylic acids is 1. The number of carbonyl (C=O) groups is 1. The van der Waals surface area contributed by atoms with Crippen molar-refractivity contribution in [3.8, 4) is 0 Å². The number of thiazole rings is 1. The Morgan fingerprint density at radius 3 is 2.54 bits per heavy atom. The Bertz CT molecular complexity index is 1360. The number of sulfonamides is 1. The molecule has 1 amide bonds. The number of thioether (sulfide) groups is 1. The molecule has 2 aliphatic heterocycles. The van der Waals surface area contributed by atoms with Crippen molar-refractivity contribution in [2.75, 3.05) is 37.4 Å². The molecule has 0 radical (unpaired) electrons. The summed E-state index contributed by atoms with van der Waals surface area (Å²) >= 11 is 3.14. The molecule has 1 aromatic heterocycles. The van der Waals surface area contributed by atoms with Crippen molar-refractivity contribution in [1.29, 1.82) is 0 Å². The first-order valence-electron chi connectivity index (χ1n) is 12.4. The molecule has 3 atom stereocenters. The van der Waals surface area contributed by atoms with Crippen LogP contribution in [0, 0.1) is 0 Å². The number of benzene rings is 2. The van der Waals surface area contributed by atoms with E-state index in [0.29, 0.717) is 36.9 Å². The summed E-state index contributed by atoms with van der Waals surface area (Å²) in [5.41, 5.74) is 1.25. The standard InChI is InChI=1S/C26H31N3O5S3/c1-17-14-28(15-18(2)34-17)37(31,32)22-9-6-19(7-10-22)25(30)29(16-20-5-4-12-33-20)26-27-23-11-8-21(35-3)13-24(23)36-26/h6-11,13,17-18,20H,4-5,12,14-16H2,1-3H3. The van der Waals surface area contributed by atoms with E-state index < -0.39 is 10.0 Å². The third-order valence-corrected chi connectivity index (χ3v) is 10.2. The number of fused-ring (bicyclic) bond motifs is 1. The molecule has 0 bridgehead atoms. The van der Waals surface area contributed by atoms with E-state index in [1.54, 1.807) is 28.8 Å². The topological polar surface area (TPSA) is 89.0 Å². The SMILES string of the molecule is CSc1ccc2nc(N(CC3CCCO3)C(=O)c3ccc(S(=O)(=O)N4CC(C)OC(C)C4)cc3)sc2c1. The maximum atomic E-state index is 13.7. The zero-order valence-electron chi connectivity index (χ0n) is 21.1. The van der Waals surface area contributed by atoms with Gasteiger partial charge in [0.05, 0.1) is 40.0 Å². The highest BCUT2D eigenvalue weighted by Gasteiger charge is 2.33. The zero-order valence-corrected chi connectivity index (χ0v) is 23.6. The number of aromatic nitrogens is 1. The minimum atomic E-state index is -3.69. The van der Waals surface area contributed by atoms with Crippen molar-refractivity contribution in [2.24, 2.45) is 0 Å². The fourth-order valence-electron chi connectivity index (χ4n) is 4.78. The molecule has 0 aliphatic carbocycles. The van der Waals surface area contributed by atoms with E-state index in [9.17, 15) is 13.2 Å². The average molecular weight is 562 g/mol. The Labute approximate surface area is 226 Å². The summed E-state index contributed by atoms with van der Waals surface area (Å²) in [6, 6.07) is 12.3. The van der Waals surface area contributed by atoms with Crippen LogP contribution in [0.4, 0.5) is 5.13 Å². The maximum Gasteiger partial charge on any atom is 0.260 e. The van der Waals surface area contributed by atoms with E-state index in [-0.39, 0.29) is 29.1 Å². The summed E-state index contributed by atoms with van der Waals surface area (Å²) in [5.74, 6) is -0.225. The lowest BCUT2D eigenvalue weighted by Gasteiger charge is -2.34. The summed E-state index contributed by atoms with van der Waals surface area (Å²) < 4.78 is 40.5. The molecule has 3 heterocycles. The van der Waals surface area contributed by atoms with Crippen LogP contribution in [0.5, 0.6) is 0 Å². The number of nitrogens with zero attached hydrogens (tertiary/aromatic N) is 3. The third-order valence-electron chi connectivity index (χ3n) is 6.60. The lowest BCUT2D eigenvalue weighted by atomic mass is 10.2. The predicted octanol–water partition coefficient (Wildman–Crippen LogP) is 4.64. The lowest BCUT2D eigenvalue weighted by molar-refractivity contribution is -0.0440. The molecule has 2 fully saturated rings. The summed E-state index contributed by atoms with van der Waals surface area (Å²) in [5, 5.41) is 0.613. The van der Waals surface area contributed by atoms with Crippen LogP contribution in [0.1, 0.15) is 37.0 Å². The van der Waals surface area contributed by atoms with E-state index >= 15 is 0 Å². The Kier molecular flexibility index (Phi) is 7.90. The molecule has 37 heavy (non-hydrogen) atoms. The normalized spacial score (nSPS) is 22.9. The molecular formula is C26H31N3O5S3. The number of hydrogen-bond donors (Lipinski definition) is 0. The molecule has 2 aliphatic rings. The summed E-state index contributed by atoms with van der Waals surface area (Å²) in [4.78, 5) is 21.5. The van der Waals surface area contributed by atoms with Crippen molar-refractivity contribution in [1.82, 2.24) is 9.29 Å². The van der Waals surface area contributed by atoms with Gasteiger partial charge in [0.1, 0.15) is 0 Å². The zero-order chi connectivity index (χ0) is 26.2. The number of ether oxygens (including phenoxy) is 2. The Balaban J connectivity index is 1.42. The second-order valence-electron chi connectivity index (χ2n) is 9.48. The Hall–Kier alpha value is -2.02. The minimum Gasteiger partial charge on any atom is -0.376 e. The predicted molar refractivity (Wildman–Crippen MR) is 147 cm³/mol. The Morgan fingerprint density at radius 1 is 1.16 bits per heavy atom. The van der Waals surface area contributed by atoms with Crippen molar-refractivity contribution >= 4 is 54.4 Å². The number of rotatable bonds is 7. The first-order valence-corrected chi connectivity index (χ1v) is 15.9. The smallest absolute Gasteiger partial charge is 0.260 e. The highest BCUT2D eigenvalue weighted by molar-refractivity contribution is 7.98. The van der Waals surface area contributed by atoms with Gasteiger partial charge in [0.15, 0.2) is 5.13 Å². The van der Waals surface area contributed by atoms with E-state index in [2.05, 4.69) is 6.07 Å². The van der Waals surface area contributed by atoms with Crippen LogP contribution < -0.4 is 4.90 Å². The van der Waals surface area contributed by atoms with Gasteiger partial charge in [-0.05, 0) is 75.4 Å². The lowest BCUT2D eigenvalue weighted by Crippen LogP contribution is -2.48. The molecular weight excluding hydrogens is 531 g/mol. The van der Waals surface area contributed by atoms with Gasteiger partial charge in [-0.3, -0.25) is 9.69 Å². The van der Waals surface area contributed by atoms with E-state index in [4.69, 9.17) is 14.5 Å². The van der Waals surface area contributed by atoms with Crippen LogP contribution in [-0.4, -0.2) is 74.4 Å². The molecule has 0 N–H and O–H groups in total. The number of anilines is 1. The monoisotopic (exact) mass is 561 g/mol. The van der Waals surface area contributed by atoms with Crippen molar-refractivity contribution < 1.29 is 22.7 Å². The quantitative estimate of drug-likeness (QED) is 0.388. The fraction of sp³-hybridized carbons (Fsp3) is 0.462. The minimum absolute atomic E-state index is 0.0531. The number of hydrogen-bond acceptors (Lipinski definition) is 8. The van der Waals surface area contributed by atoms with E-state index in [1.165, 1.54) is 27.8 Å². The molecule has 8 nitrogen and oxygen atoms in total. The van der Waals surface area contributed by atoms with Gasteiger partial charge in [0.2, 0.25) is 10.0 Å². The van der Waals surface area contributed by atoms with Gasteiger partial charge in [0, 0.05) is 30.2 Å². The molecule has 198 valence electrons. The molecule has 0 saturated carbocycles. The van der Waals surface area contributed by atoms with Crippen LogP contribution >= 0.6 is 23.1 Å². The highest BCUT2D eigenvalue weighted by Crippen LogP contribution is 2.33. The van der Waals surface area contributed by atoms with Crippen LogP contribution in [0.25, 0.3) is 10.2 Å². The highest BCUT2D eigenvalue weighted by atomic mass is 32.2. The van der Waals surface area contributed by atoms with Gasteiger partial charge in [-0.2, -0.15) is 4.31 Å². The van der Waals surface area contributed by atoms with Gasteiger partial charge >= 0.3 is 0 Å². The maximum absolute atomic E-state index is 13.7. The van der Waals surface area contributed by atoms with E-state index in [0.717, 1.165) is 28.0 Å². The first-order chi connectivity index (χ1) is 17.7. The third kappa shape index (κ3) is 5.71. The van der Waals surface area contributed by atoms with Gasteiger partial charge in [-0.1, -0.05) is 11.3 Å². The second-order valence-corrected chi connectivity index (χ2v) is 13.3. The van der Waals surface area contributed by atoms with Crippen LogP contribution in [0.3, 0.4) is 0 Å². The summed E-state index contributed by atoms with van der Waals surface area (Å²) in [7, 11) is -3.69. The van der Waals surface area contributed by atoms with E-state index in [1.807, 2.05) is 32.2 Å². The van der Waals surface area contributed by atoms with Crippen LogP contribution in [0.2, 0.25) is 0 Å². The molecule has 0 spiro atoms. The first kappa shape index (κ1) is 26.6. The molecule has 11 heteroatoms. The van der Waals surface area contributed by atoms with Gasteiger partial charge < -0.3 is 9.47 Å². The summed E-state index contributed by atoms with van der Waals surface area (Å²) in [6.07, 6.45) is 3.48. The molecule has 2 aromatic carbocycles. The fourth-order valence-corrected chi connectivity index (χ4v) is 7.89. The van der Waals surface area contributed by atoms with Gasteiger partial charge in [-0.25, -0.2) is 13.4 Å². The van der Waals surface area contributed by atoms with Gasteiger partial charge in [0.25, 0.3) is 5.91 Å². The second kappa shape index (κ2) is 11.0.